The van der Waals surface area contributed by atoms with E-state index in [-0.39, 0.29) is 23.5 Å². The normalized spacial score (nSPS) is 22.0. The lowest BCUT2D eigenvalue weighted by atomic mass is 9.74. The van der Waals surface area contributed by atoms with E-state index in [0.29, 0.717) is 11.3 Å². The molecular weight excluding hydrogens is 356 g/mol. The van der Waals surface area contributed by atoms with Crippen molar-refractivity contribution in [2.24, 2.45) is 5.41 Å². The van der Waals surface area contributed by atoms with E-state index >= 15 is 0 Å². The lowest BCUT2D eigenvalue weighted by molar-refractivity contribution is 0.0917. The van der Waals surface area contributed by atoms with Crippen LogP contribution in [0.1, 0.15) is 66.5 Å². The van der Waals surface area contributed by atoms with E-state index in [9.17, 15) is 9.90 Å². The number of aromatic nitrogens is 2. The number of hydrogen-bond acceptors (Lipinski definition) is 6. The number of rotatable bonds is 3. The summed E-state index contributed by atoms with van der Waals surface area (Å²) in [7, 11) is 0. The smallest absolute Gasteiger partial charge is 0.255 e. The van der Waals surface area contributed by atoms with Crippen molar-refractivity contribution in [2.45, 2.75) is 58.6 Å². The highest BCUT2D eigenvalue weighted by Gasteiger charge is 2.35. The van der Waals surface area contributed by atoms with Crippen LogP contribution in [0.3, 0.4) is 0 Å². The molecule has 1 unspecified atom stereocenters. The number of nitrogens with one attached hydrogen (secondary N) is 1. The summed E-state index contributed by atoms with van der Waals surface area (Å²) in [5, 5.41) is 12.9. The molecule has 0 bridgehead atoms. The van der Waals surface area contributed by atoms with Crippen molar-refractivity contribution in [1.82, 2.24) is 15.3 Å². The van der Waals surface area contributed by atoms with Gasteiger partial charge in [-0.2, -0.15) is 0 Å². The Hall–Kier alpha value is -2.41. The first-order chi connectivity index (χ1) is 13.3. The monoisotopic (exact) mass is 384 g/mol. The highest BCUT2D eigenvalue weighted by Crippen LogP contribution is 2.40. The number of piperidine rings is 1. The second-order valence-corrected chi connectivity index (χ2v) is 8.75. The lowest BCUT2D eigenvalue weighted by Crippen LogP contribution is -2.39. The molecule has 28 heavy (non-hydrogen) atoms. The average molecular weight is 384 g/mol. The fourth-order valence-corrected chi connectivity index (χ4v) is 4.24. The molecule has 0 saturated carbocycles. The summed E-state index contributed by atoms with van der Waals surface area (Å²) in [5.74, 6) is 1.21. The van der Waals surface area contributed by atoms with Crippen LogP contribution in [0.25, 0.3) is 0 Å². The first kappa shape index (κ1) is 18.9. The molecule has 2 aliphatic rings. The van der Waals surface area contributed by atoms with Crippen LogP contribution in [0.2, 0.25) is 0 Å². The summed E-state index contributed by atoms with van der Waals surface area (Å²) >= 11 is 0. The van der Waals surface area contributed by atoms with E-state index in [4.69, 9.17) is 9.40 Å². The third-order valence-electron chi connectivity index (χ3n) is 5.82. The molecule has 1 saturated heterocycles. The zero-order valence-corrected chi connectivity index (χ0v) is 16.7. The number of aryl methyl sites for hydroxylation is 1. The minimum atomic E-state index is -0.223. The Labute approximate surface area is 165 Å². The van der Waals surface area contributed by atoms with Gasteiger partial charge in [-0.3, -0.25) is 4.79 Å². The molecule has 150 valence electrons. The molecule has 0 radical (unpaired) electrons. The van der Waals surface area contributed by atoms with E-state index in [1.807, 2.05) is 6.20 Å². The van der Waals surface area contributed by atoms with Gasteiger partial charge in [0.05, 0.1) is 29.7 Å². The Kier molecular flexibility index (Phi) is 4.87. The molecule has 2 N–H and O–H groups in total. The Morgan fingerprint density at radius 1 is 1.36 bits per heavy atom. The zero-order chi connectivity index (χ0) is 19.9. The van der Waals surface area contributed by atoms with Crippen molar-refractivity contribution < 1.29 is 14.3 Å². The number of hydrogen-bond donors (Lipinski definition) is 2. The van der Waals surface area contributed by atoms with Crippen LogP contribution in [0.4, 0.5) is 5.95 Å². The van der Waals surface area contributed by atoms with E-state index in [2.05, 4.69) is 29.0 Å². The molecule has 0 aromatic carbocycles. The van der Waals surface area contributed by atoms with E-state index in [1.165, 1.54) is 6.26 Å². The summed E-state index contributed by atoms with van der Waals surface area (Å²) < 4.78 is 5.27. The van der Waals surface area contributed by atoms with Gasteiger partial charge in [0.25, 0.3) is 5.91 Å². The summed E-state index contributed by atoms with van der Waals surface area (Å²) in [6.45, 7) is 7.74. The highest BCUT2D eigenvalue weighted by molar-refractivity contribution is 5.95. The molecule has 1 fully saturated rings. The number of nitrogens with zero attached hydrogens (tertiary/aromatic N) is 3. The standard InChI is InChI=1S/C21H28N4O3/c1-13-15(6-9-28-13)19(27)23-17-10-21(2,3)11-18-16(17)12-22-20(24-18)25-7-4-14(26)5-8-25/h6,9,12,14,17,26H,4-5,7-8,10-11H2,1-3H3,(H,23,27). The Bertz CT molecular complexity index is 868. The number of anilines is 1. The highest BCUT2D eigenvalue weighted by atomic mass is 16.3. The lowest BCUT2D eigenvalue weighted by Gasteiger charge is -2.37. The summed E-state index contributed by atoms with van der Waals surface area (Å²) in [6.07, 6.45) is 6.36. The van der Waals surface area contributed by atoms with Gasteiger partial charge in [-0.1, -0.05) is 13.8 Å². The van der Waals surface area contributed by atoms with Gasteiger partial charge in [0, 0.05) is 24.8 Å². The van der Waals surface area contributed by atoms with Gasteiger partial charge in [0.2, 0.25) is 5.95 Å². The number of furan rings is 1. The van der Waals surface area contributed by atoms with Crippen LogP contribution >= 0.6 is 0 Å². The average Bonchev–Trinajstić information content (AvgIpc) is 3.07. The molecule has 2 aromatic heterocycles. The van der Waals surface area contributed by atoms with Crippen molar-refractivity contribution in [1.29, 1.82) is 0 Å². The largest absolute Gasteiger partial charge is 0.469 e. The molecule has 1 aliphatic heterocycles. The molecule has 1 amide bonds. The quantitative estimate of drug-likeness (QED) is 0.846. The Balaban J connectivity index is 1.59. The van der Waals surface area contributed by atoms with Crippen molar-refractivity contribution >= 4 is 11.9 Å². The molecule has 0 spiro atoms. The maximum Gasteiger partial charge on any atom is 0.255 e. The SMILES string of the molecule is Cc1occc1C(=O)NC1CC(C)(C)Cc2nc(N3CCC(O)CC3)ncc21. The molecule has 1 aliphatic carbocycles. The molecule has 7 heteroatoms. The zero-order valence-electron chi connectivity index (χ0n) is 16.7. The van der Waals surface area contributed by atoms with Crippen molar-refractivity contribution in [3.8, 4) is 0 Å². The van der Waals surface area contributed by atoms with Crippen LogP contribution in [-0.4, -0.2) is 40.2 Å². The fourth-order valence-electron chi connectivity index (χ4n) is 4.24. The van der Waals surface area contributed by atoms with Crippen LogP contribution in [0.15, 0.2) is 22.9 Å². The van der Waals surface area contributed by atoms with Crippen molar-refractivity contribution in [3.05, 3.63) is 41.1 Å². The number of carbonyl (C=O) groups is 1. The minimum Gasteiger partial charge on any atom is -0.469 e. The number of carbonyl (C=O) groups excluding carboxylic acids is 1. The Morgan fingerprint density at radius 3 is 2.79 bits per heavy atom. The molecule has 1 atom stereocenters. The molecule has 3 heterocycles. The maximum absolute atomic E-state index is 12.7. The summed E-state index contributed by atoms with van der Waals surface area (Å²) in [6, 6.07) is 1.57. The third-order valence-corrected chi connectivity index (χ3v) is 5.82. The molecule has 7 nitrogen and oxygen atoms in total. The maximum atomic E-state index is 12.7. The van der Waals surface area contributed by atoms with E-state index in [1.54, 1.807) is 13.0 Å². The van der Waals surface area contributed by atoms with Gasteiger partial charge < -0.3 is 19.7 Å². The predicted molar refractivity (Wildman–Crippen MR) is 105 cm³/mol. The third kappa shape index (κ3) is 3.76. The minimum absolute atomic E-state index is 0.0279. The Morgan fingerprint density at radius 2 is 2.11 bits per heavy atom. The number of fused-ring (bicyclic) bond motifs is 1. The second kappa shape index (κ2) is 7.20. The van der Waals surface area contributed by atoms with Crippen LogP contribution in [0, 0.1) is 12.3 Å². The van der Waals surface area contributed by atoms with Gasteiger partial charge in [-0.05, 0) is 44.1 Å². The predicted octanol–water partition coefficient (Wildman–Crippen LogP) is 2.78. The summed E-state index contributed by atoms with van der Waals surface area (Å²) in [4.78, 5) is 24.3. The van der Waals surface area contributed by atoms with Gasteiger partial charge in [-0.15, -0.1) is 0 Å². The van der Waals surface area contributed by atoms with E-state index < -0.39 is 0 Å². The first-order valence-electron chi connectivity index (χ1n) is 9.96. The summed E-state index contributed by atoms with van der Waals surface area (Å²) in [5.41, 5.74) is 2.59. The van der Waals surface area contributed by atoms with Crippen molar-refractivity contribution in [2.75, 3.05) is 18.0 Å². The van der Waals surface area contributed by atoms with Gasteiger partial charge in [0.1, 0.15) is 5.76 Å². The van der Waals surface area contributed by atoms with Crippen LogP contribution < -0.4 is 10.2 Å². The van der Waals surface area contributed by atoms with Crippen LogP contribution in [-0.2, 0) is 6.42 Å². The van der Waals surface area contributed by atoms with Gasteiger partial charge in [-0.25, -0.2) is 9.97 Å². The number of aliphatic hydroxyl groups excluding tert-OH is 1. The number of amides is 1. The molecule has 4 rings (SSSR count). The van der Waals surface area contributed by atoms with Gasteiger partial charge >= 0.3 is 0 Å². The van der Waals surface area contributed by atoms with Gasteiger partial charge in [0.15, 0.2) is 0 Å². The van der Waals surface area contributed by atoms with Crippen LogP contribution in [0.5, 0.6) is 0 Å². The van der Waals surface area contributed by atoms with E-state index in [0.717, 1.165) is 56.0 Å². The topological polar surface area (TPSA) is 91.5 Å². The first-order valence-corrected chi connectivity index (χ1v) is 9.96. The molecule has 2 aromatic rings. The van der Waals surface area contributed by atoms with Crippen molar-refractivity contribution in [3.63, 3.8) is 0 Å². The second-order valence-electron chi connectivity index (χ2n) is 8.75. The fraction of sp³-hybridized carbons (Fsp3) is 0.571. The molecular formula is C21H28N4O3. The number of aliphatic hydroxyl groups is 1.